The number of benzene rings is 1. The molecular weight excluding hydrogens is 542 g/mol. The number of ether oxygens (including phenoxy) is 4. The molecule has 2 bridgehead atoms. The summed E-state index contributed by atoms with van der Waals surface area (Å²) in [7, 11) is 3.24. The van der Waals surface area contributed by atoms with E-state index in [1.54, 1.807) is 33.8 Å². The van der Waals surface area contributed by atoms with Crippen LogP contribution in [0.3, 0.4) is 0 Å². The largest absolute Gasteiger partial charge is 0.507 e. The van der Waals surface area contributed by atoms with Crippen LogP contribution in [0.25, 0.3) is 0 Å². The monoisotopic (exact) mass is 575 g/mol. The number of likely N-dealkylation sites (N-methyl/N-ethyl adjacent to an activating group) is 1. The molecule has 1 aromatic carbocycles. The van der Waals surface area contributed by atoms with Crippen molar-refractivity contribution < 1.29 is 38.4 Å². The number of nitriles is 1. The third kappa shape index (κ3) is 3.68. The summed E-state index contributed by atoms with van der Waals surface area (Å²) in [4.78, 5) is 44.2. The summed E-state index contributed by atoms with van der Waals surface area (Å²) in [5.41, 5.74) is 3.15. The third-order valence-corrected chi connectivity index (χ3v) is 9.57. The Hall–Kier alpha value is -4.14. The lowest BCUT2D eigenvalue weighted by molar-refractivity contribution is -0.144. The summed E-state index contributed by atoms with van der Waals surface area (Å²) in [5, 5.41) is 22.1. The number of allylic oxidation sites excluding steroid dienone is 3. The van der Waals surface area contributed by atoms with Gasteiger partial charge < -0.3 is 24.1 Å². The molecule has 0 radical (unpaired) electrons. The van der Waals surface area contributed by atoms with Crippen LogP contribution in [-0.2, 0) is 30.3 Å². The molecule has 1 aliphatic carbocycles. The molecular formula is C31H33N3O8. The molecule has 0 aromatic heterocycles. The number of fused-ring (bicyclic) bond motifs is 8. The molecule has 0 saturated carbocycles. The van der Waals surface area contributed by atoms with Gasteiger partial charge in [0.1, 0.15) is 18.4 Å². The maximum Gasteiger partial charge on any atom is 0.333 e. The average Bonchev–Trinajstić information content (AvgIpc) is 3.47. The van der Waals surface area contributed by atoms with E-state index < -0.39 is 36.2 Å². The number of piperazine rings is 1. The first-order valence-electron chi connectivity index (χ1n) is 14.0. The second kappa shape index (κ2) is 10.00. The van der Waals surface area contributed by atoms with E-state index in [2.05, 4.69) is 6.07 Å². The zero-order valence-electron chi connectivity index (χ0n) is 24.4. The first-order valence-corrected chi connectivity index (χ1v) is 14.0. The van der Waals surface area contributed by atoms with Crippen molar-refractivity contribution in [1.29, 1.82) is 5.26 Å². The third-order valence-electron chi connectivity index (χ3n) is 9.57. The minimum absolute atomic E-state index is 0.0186. The molecule has 1 saturated heterocycles. The number of esters is 1. The molecule has 42 heavy (non-hydrogen) atoms. The molecule has 11 heteroatoms. The molecule has 4 aliphatic heterocycles. The summed E-state index contributed by atoms with van der Waals surface area (Å²) in [6.45, 7) is 6.56. The summed E-state index contributed by atoms with van der Waals surface area (Å²) in [5.74, 6) is -0.191. The van der Waals surface area contributed by atoms with Crippen LogP contribution in [0.15, 0.2) is 34.1 Å². The van der Waals surface area contributed by atoms with Crippen LogP contribution >= 0.6 is 0 Å². The highest BCUT2D eigenvalue weighted by Crippen LogP contribution is 2.56. The molecule has 0 amide bonds. The molecule has 1 aromatic rings. The quantitative estimate of drug-likeness (QED) is 0.322. The predicted octanol–water partition coefficient (Wildman–Crippen LogP) is 2.55. The number of ketones is 2. The van der Waals surface area contributed by atoms with Crippen molar-refractivity contribution in [2.24, 2.45) is 0 Å². The zero-order valence-corrected chi connectivity index (χ0v) is 24.4. The van der Waals surface area contributed by atoms with Gasteiger partial charge >= 0.3 is 5.97 Å². The average molecular weight is 576 g/mol. The number of phenolic OH excluding ortho intramolecular Hbond substituents is 1. The molecule has 6 rings (SSSR count). The minimum Gasteiger partial charge on any atom is -0.507 e. The van der Waals surface area contributed by atoms with Gasteiger partial charge in [0.05, 0.1) is 25.3 Å². The summed E-state index contributed by atoms with van der Waals surface area (Å²) in [6.07, 6.45) is 2.11. The van der Waals surface area contributed by atoms with Crippen molar-refractivity contribution in [2.45, 2.75) is 70.7 Å². The van der Waals surface area contributed by atoms with Crippen LogP contribution in [0.2, 0.25) is 0 Å². The molecule has 0 unspecified atom stereocenters. The van der Waals surface area contributed by atoms with Gasteiger partial charge in [-0.2, -0.15) is 5.26 Å². The highest BCUT2D eigenvalue weighted by molar-refractivity contribution is 6.25. The van der Waals surface area contributed by atoms with Gasteiger partial charge in [-0.1, -0.05) is 6.08 Å². The van der Waals surface area contributed by atoms with Crippen LogP contribution in [0.5, 0.6) is 17.2 Å². The molecule has 1 fully saturated rings. The van der Waals surface area contributed by atoms with Crippen molar-refractivity contribution in [3.05, 3.63) is 50.8 Å². The van der Waals surface area contributed by atoms with Crippen LogP contribution in [0.4, 0.5) is 0 Å². The van der Waals surface area contributed by atoms with Gasteiger partial charge in [-0.3, -0.25) is 19.4 Å². The van der Waals surface area contributed by atoms with E-state index in [1.165, 1.54) is 7.11 Å². The zero-order chi connectivity index (χ0) is 30.2. The Kier molecular flexibility index (Phi) is 6.66. The van der Waals surface area contributed by atoms with Crippen molar-refractivity contribution in [1.82, 2.24) is 9.80 Å². The molecule has 220 valence electrons. The van der Waals surface area contributed by atoms with E-state index in [0.717, 1.165) is 0 Å². The van der Waals surface area contributed by atoms with E-state index in [9.17, 15) is 24.8 Å². The Labute approximate surface area is 243 Å². The molecule has 1 N–H and O–H groups in total. The number of Topliss-reactive ketones (excluding diaryl/α,β-unsaturated/α-hetero) is 2. The highest BCUT2D eigenvalue weighted by Gasteiger charge is 2.59. The Morgan fingerprint density at radius 3 is 2.55 bits per heavy atom. The number of hydrogen-bond donors (Lipinski definition) is 1. The van der Waals surface area contributed by atoms with Crippen LogP contribution < -0.4 is 9.47 Å². The van der Waals surface area contributed by atoms with Gasteiger partial charge in [0, 0.05) is 51.1 Å². The van der Waals surface area contributed by atoms with Crippen molar-refractivity contribution >= 4 is 17.5 Å². The Morgan fingerprint density at radius 1 is 1.17 bits per heavy atom. The second-order valence-electron chi connectivity index (χ2n) is 11.4. The smallest absolute Gasteiger partial charge is 0.333 e. The van der Waals surface area contributed by atoms with Crippen LogP contribution in [-0.4, -0.2) is 84.2 Å². The number of methoxy groups -OCH3 is 1. The van der Waals surface area contributed by atoms with Gasteiger partial charge in [0.15, 0.2) is 23.0 Å². The first-order chi connectivity index (χ1) is 20.1. The Morgan fingerprint density at radius 2 is 1.88 bits per heavy atom. The second-order valence-corrected chi connectivity index (χ2v) is 11.4. The fourth-order valence-electron chi connectivity index (χ4n) is 7.40. The fraction of sp³-hybridized carbons (Fsp3) is 0.484. The number of nitrogens with zero attached hydrogens (tertiary/aromatic N) is 3. The maximum absolute atomic E-state index is 13.9. The van der Waals surface area contributed by atoms with Gasteiger partial charge in [-0.25, -0.2) is 4.79 Å². The SMILES string of the molecule is C/C=C(/C)C(=O)OC[C@H]1c2c(c(O)c(C)c3c2OCO3)C[C@H]2[C@@H]3C4=C(C[C@@H]([C@H](C#N)N12)N3C)C(=O)C(C)=C(OC)C4=O. The number of carbonyl (C=O) groups excluding carboxylic acids is 3. The first kappa shape index (κ1) is 28.0. The van der Waals surface area contributed by atoms with Gasteiger partial charge in [-0.15, -0.1) is 0 Å². The summed E-state index contributed by atoms with van der Waals surface area (Å²) >= 11 is 0. The van der Waals surface area contributed by atoms with E-state index in [4.69, 9.17) is 18.9 Å². The maximum atomic E-state index is 13.9. The lowest BCUT2D eigenvalue weighted by atomic mass is 9.69. The van der Waals surface area contributed by atoms with E-state index in [-0.39, 0.29) is 54.9 Å². The number of hydrogen-bond acceptors (Lipinski definition) is 11. The number of aromatic hydroxyl groups is 1. The lowest BCUT2D eigenvalue weighted by Crippen LogP contribution is -2.72. The lowest BCUT2D eigenvalue weighted by Gasteiger charge is -2.60. The van der Waals surface area contributed by atoms with Gasteiger partial charge in [-0.05, 0) is 47.6 Å². The Balaban J connectivity index is 1.56. The Bertz CT molecular complexity index is 1580. The number of rotatable bonds is 4. The number of phenols is 1. The van der Waals surface area contributed by atoms with Gasteiger partial charge in [0.2, 0.25) is 12.6 Å². The summed E-state index contributed by atoms with van der Waals surface area (Å²) < 4.78 is 22.8. The topological polar surface area (TPSA) is 139 Å². The number of carbonyl (C=O) groups is 3. The van der Waals surface area contributed by atoms with Crippen LogP contribution in [0, 0.1) is 18.3 Å². The standard InChI is InChI=1S/C31H33N3O8/c1-7-13(2)31(38)40-11-21-22-16(26(36)15(4)29-30(22)42-12-41-29)9-19-24-23-17(25(35)14(3)28(39-6)27(23)37)8-18(33(24)5)20(10-32)34(19)21/h7,18-21,24,36H,8-9,11-12H2,1-6H3/b13-7-/t18-,19-,20-,21-,24+/m0/s1. The minimum atomic E-state index is -0.734. The van der Waals surface area contributed by atoms with Crippen molar-refractivity contribution in [3.8, 4) is 23.3 Å². The van der Waals surface area contributed by atoms with E-state index in [0.29, 0.717) is 44.9 Å². The molecule has 11 nitrogen and oxygen atoms in total. The van der Waals surface area contributed by atoms with Crippen molar-refractivity contribution in [2.75, 3.05) is 27.6 Å². The molecule has 5 aliphatic rings. The summed E-state index contributed by atoms with van der Waals surface area (Å²) in [6, 6.07) is -0.520. The normalized spacial score (nSPS) is 28.7. The van der Waals surface area contributed by atoms with Crippen LogP contribution in [0.1, 0.15) is 49.9 Å². The highest BCUT2D eigenvalue weighted by atomic mass is 16.7. The van der Waals surface area contributed by atoms with Crippen molar-refractivity contribution in [3.63, 3.8) is 0 Å². The van der Waals surface area contributed by atoms with E-state index in [1.807, 2.05) is 16.8 Å². The predicted molar refractivity (Wildman–Crippen MR) is 148 cm³/mol. The molecule has 0 spiro atoms. The van der Waals surface area contributed by atoms with Gasteiger partial charge in [0.25, 0.3) is 0 Å². The fourth-order valence-corrected chi connectivity index (χ4v) is 7.40. The molecule has 4 heterocycles. The molecule has 5 atom stereocenters. The van der Waals surface area contributed by atoms with E-state index >= 15 is 0 Å².